The summed E-state index contributed by atoms with van der Waals surface area (Å²) in [5, 5.41) is 2.86. The van der Waals surface area contributed by atoms with E-state index < -0.39 is 10.0 Å². The van der Waals surface area contributed by atoms with Crippen molar-refractivity contribution in [1.82, 2.24) is 4.31 Å². The molecule has 7 heteroatoms. The summed E-state index contributed by atoms with van der Waals surface area (Å²) in [6, 6.07) is 10.6. The second kappa shape index (κ2) is 8.78. The molecule has 0 spiro atoms. The van der Waals surface area contributed by atoms with E-state index in [4.69, 9.17) is 4.74 Å². The number of hydrogen-bond acceptors (Lipinski definition) is 4. The Hall–Kier alpha value is -2.38. The lowest BCUT2D eigenvalue weighted by atomic mass is 10.1. The van der Waals surface area contributed by atoms with Crippen LogP contribution >= 0.6 is 0 Å². The zero-order chi connectivity index (χ0) is 21.1. The van der Waals surface area contributed by atoms with Gasteiger partial charge in [0.25, 0.3) is 5.91 Å². The van der Waals surface area contributed by atoms with Crippen molar-refractivity contribution in [3.63, 3.8) is 0 Å². The minimum atomic E-state index is -3.69. The summed E-state index contributed by atoms with van der Waals surface area (Å²) in [7, 11) is -3.69. The summed E-state index contributed by atoms with van der Waals surface area (Å²) in [6.07, 6.45) is 5.94. The minimum absolute atomic E-state index is 0.109. The predicted molar refractivity (Wildman–Crippen MR) is 117 cm³/mol. The number of carbonyl (C=O) groups excluding carboxylic acids is 1. The van der Waals surface area contributed by atoms with Crippen molar-refractivity contribution in [1.29, 1.82) is 0 Å². The van der Waals surface area contributed by atoms with Crippen LogP contribution in [0.15, 0.2) is 41.3 Å². The number of hydrogen-bond donors (Lipinski definition) is 1. The molecule has 0 atom stereocenters. The second-order valence-corrected chi connectivity index (χ2v) is 9.76. The van der Waals surface area contributed by atoms with Crippen molar-refractivity contribution < 1.29 is 17.9 Å². The minimum Gasteiger partial charge on any atom is -0.492 e. The molecule has 6 nitrogen and oxygen atoms in total. The maximum Gasteiger partial charge on any atom is 0.255 e. The van der Waals surface area contributed by atoms with Crippen LogP contribution in [-0.4, -0.2) is 38.3 Å². The largest absolute Gasteiger partial charge is 0.492 e. The van der Waals surface area contributed by atoms with Crippen LogP contribution < -0.4 is 10.1 Å². The van der Waals surface area contributed by atoms with Crippen molar-refractivity contribution in [3.05, 3.63) is 53.1 Å². The quantitative estimate of drug-likeness (QED) is 0.755. The van der Waals surface area contributed by atoms with Crippen LogP contribution in [0.3, 0.4) is 0 Å². The Balaban J connectivity index is 1.61. The molecule has 30 heavy (non-hydrogen) atoms. The van der Waals surface area contributed by atoms with Gasteiger partial charge in [0, 0.05) is 24.3 Å². The number of anilines is 1. The van der Waals surface area contributed by atoms with Crippen molar-refractivity contribution in [2.24, 2.45) is 0 Å². The number of nitrogens with one attached hydrogen (secondary N) is 1. The smallest absolute Gasteiger partial charge is 0.255 e. The Morgan fingerprint density at radius 3 is 2.53 bits per heavy atom. The van der Waals surface area contributed by atoms with Crippen LogP contribution in [0, 0.1) is 0 Å². The first-order valence-electron chi connectivity index (χ1n) is 10.7. The van der Waals surface area contributed by atoms with E-state index >= 15 is 0 Å². The van der Waals surface area contributed by atoms with Crippen molar-refractivity contribution in [2.45, 2.75) is 50.3 Å². The van der Waals surface area contributed by atoms with Gasteiger partial charge in [0.05, 0.1) is 6.61 Å². The standard InChI is InChI=1S/C23H28N2O4S/c1-2-29-21-12-11-20(16-22(21)30(27,28)25-13-4-3-5-14-25)24-23(26)19-10-9-17-7-6-8-18(17)15-19/h9-12,15-16H,2-8,13-14H2,1H3,(H,24,26). The number of ether oxygens (including phenoxy) is 1. The molecule has 2 aliphatic rings. The van der Waals surface area contributed by atoms with Gasteiger partial charge in [-0.1, -0.05) is 12.5 Å². The normalized spacial score (nSPS) is 16.8. The van der Waals surface area contributed by atoms with Gasteiger partial charge in [-0.2, -0.15) is 4.31 Å². The predicted octanol–water partition coefficient (Wildman–Crippen LogP) is 4.00. The van der Waals surface area contributed by atoms with E-state index in [1.54, 1.807) is 12.1 Å². The fraction of sp³-hybridized carbons (Fsp3) is 0.435. The molecule has 1 heterocycles. The van der Waals surface area contributed by atoms with Gasteiger partial charge in [0.2, 0.25) is 10.0 Å². The van der Waals surface area contributed by atoms with Crippen molar-refractivity contribution >= 4 is 21.6 Å². The van der Waals surface area contributed by atoms with E-state index in [9.17, 15) is 13.2 Å². The molecule has 0 saturated carbocycles. The SMILES string of the molecule is CCOc1ccc(NC(=O)c2ccc3c(c2)CCC3)cc1S(=O)(=O)N1CCCCC1. The molecule has 1 saturated heterocycles. The molecule has 0 radical (unpaired) electrons. The molecule has 1 fully saturated rings. The first-order chi connectivity index (χ1) is 14.5. The number of piperidine rings is 1. The van der Waals surface area contributed by atoms with E-state index in [0.717, 1.165) is 38.5 Å². The number of benzene rings is 2. The van der Waals surface area contributed by atoms with Crippen LogP contribution in [0.25, 0.3) is 0 Å². The summed E-state index contributed by atoms with van der Waals surface area (Å²) >= 11 is 0. The highest BCUT2D eigenvalue weighted by molar-refractivity contribution is 7.89. The number of rotatable bonds is 6. The van der Waals surface area contributed by atoms with E-state index in [-0.39, 0.29) is 10.8 Å². The zero-order valence-corrected chi connectivity index (χ0v) is 18.1. The van der Waals surface area contributed by atoms with Gasteiger partial charge < -0.3 is 10.1 Å². The number of aryl methyl sites for hydroxylation is 2. The maximum absolute atomic E-state index is 13.3. The van der Waals surface area contributed by atoms with Crippen LogP contribution in [0.1, 0.15) is 54.1 Å². The Labute approximate surface area is 178 Å². The van der Waals surface area contributed by atoms with Crippen LogP contribution in [-0.2, 0) is 22.9 Å². The lowest BCUT2D eigenvalue weighted by Crippen LogP contribution is -2.35. The summed E-state index contributed by atoms with van der Waals surface area (Å²) in [6.45, 7) is 3.21. The van der Waals surface area contributed by atoms with Gasteiger partial charge in [0.1, 0.15) is 10.6 Å². The fourth-order valence-electron chi connectivity index (χ4n) is 4.22. The first kappa shape index (κ1) is 20.9. The second-order valence-electron chi connectivity index (χ2n) is 7.85. The zero-order valence-electron chi connectivity index (χ0n) is 17.3. The van der Waals surface area contributed by atoms with E-state index in [1.165, 1.54) is 21.5 Å². The Kier molecular flexibility index (Phi) is 6.11. The Morgan fingerprint density at radius 1 is 1.00 bits per heavy atom. The molecular formula is C23H28N2O4S. The third kappa shape index (κ3) is 4.23. The lowest BCUT2D eigenvalue weighted by molar-refractivity contribution is 0.102. The first-order valence-corrected chi connectivity index (χ1v) is 12.1. The average Bonchev–Trinajstić information content (AvgIpc) is 3.23. The number of nitrogens with zero attached hydrogens (tertiary/aromatic N) is 1. The van der Waals surface area contributed by atoms with Gasteiger partial charge in [-0.3, -0.25) is 4.79 Å². The molecule has 1 aliphatic heterocycles. The fourth-order valence-corrected chi connectivity index (χ4v) is 5.90. The van der Waals surface area contributed by atoms with Gasteiger partial charge in [-0.05, 0) is 80.5 Å². The monoisotopic (exact) mass is 428 g/mol. The molecule has 1 aliphatic carbocycles. The third-order valence-corrected chi connectivity index (χ3v) is 7.71. The number of fused-ring (bicyclic) bond motifs is 1. The van der Waals surface area contributed by atoms with Gasteiger partial charge in [-0.15, -0.1) is 0 Å². The summed E-state index contributed by atoms with van der Waals surface area (Å²) in [4.78, 5) is 12.9. The molecule has 2 aromatic rings. The molecule has 0 unspecified atom stereocenters. The number of amides is 1. The molecule has 160 valence electrons. The highest BCUT2D eigenvalue weighted by atomic mass is 32.2. The molecule has 4 rings (SSSR count). The highest BCUT2D eigenvalue weighted by Crippen LogP contribution is 2.32. The van der Waals surface area contributed by atoms with E-state index in [2.05, 4.69) is 5.32 Å². The summed E-state index contributed by atoms with van der Waals surface area (Å²) < 4.78 is 33.6. The third-order valence-electron chi connectivity index (χ3n) is 5.79. The average molecular weight is 429 g/mol. The van der Waals surface area contributed by atoms with Crippen molar-refractivity contribution in [3.8, 4) is 5.75 Å². The topological polar surface area (TPSA) is 75.7 Å². The number of sulfonamides is 1. The highest BCUT2D eigenvalue weighted by Gasteiger charge is 2.29. The molecule has 1 amide bonds. The Bertz CT molecular complexity index is 1040. The molecular weight excluding hydrogens is 400 g/mol. The van der Waals surface area contributed by atoms with E-state index in [1.807, 2.05) is 25.1 Å². The Morgan fingerprint density at radius 2 is 1.77 bits per heavy atom. The molecule has 0 bridgehead atoms. The lowest BCUT2D eigenvalue weighted by Gasteiger charge is -2.27. The van der Waals surface area contributed by atoms with Crippen LogP contribution in [0.5, 0.6) is 5.75 Å². The van der Waals surface area contributed by atoms with Gasteiger partial charge in [0.15, 0.2) is 0 Å². The van der Waals surface area contributed by atoms with E-state index in [0.29, 0.717) is 36.7 Å². The van der Waals surface area contributed by atoms with Crippen LogP contribution in [0.4, 0.5) is 5.69 Å². The molecule has 2 aromatic carbocycles. The van der Waals surface area contributed by atoms with Crippen molar-refractivity contribution in [2.75, 3.05) is 25.0 Å². The molecule has 0 aromatic heterocycles. The molecule has 1 N–H and O–H groups in total. The maximum atomic E-state index is 13.3. The van der Waals surface area contributed by atoms with Gasteiger partial charge >= 0.3 is 0 Å². The van der Waals surface area contributed by atoms with Crippen LogP contribution in [0.2, 0.25) is 0 Å². The van der Waals surface area contributed by atoms with Gasteiger partial charge in [-0.25, -0.2) is 8.42 Å². The summed E-state index contributed by atoms with van der Waals surface area (Å²) in [5.74, 6) is 0.0776. The number of carbonyl (C=O) groups is 1. The summed E-state index contributed by atoms with van der Waals surface area (Å²) in [5.41, 5.74) is 3.56.